The monoisotopic (exact) mass is 284 g/mol. The standard InChI is InChI=1S/C9H11F3N2OS2/c1-5-6(2)16-9(14-5)17(13,15)4-3-7(10)8(11)12/h13H,3-4H2,1-2H3. The van der Waals surface area contributed by atoms with Gasteiger partial charge < -0.3 is 0 Å². The molecule has 8 heteroatoms. The van der Waals surface area contributed by atoms with Gasteiger partial charge in [0.05, 0.1) is 5.69 Å². The number of nitrogens with one attached hydrogen (secondary N) is 1. The third kappa shape index (κ3) is 3.53. The van der Waals surface area contributed by atoms with Crippen LogP contribution in [0.25, 0.3) is 0 Å². The molecular formula is C9H11F3N2OS2. The molecule has 0 bridgehead atoms. The van der Waals surface area contributed by atoms with Crippen LogP contribution in [0.2, 0.25) is 0 Å². The zero-order chi connectivity index (χ0) is 13.2. The van der Waals surface area contributed by atoms with Crippen molar-refractivity contribution in [3.05, 3.63) is 22.5 Å². The first-order valence-corrected chi connectivity index (χ1v) is 7.18. The highest BCUT2D eigenvalue weighted by atomic mass is 32.2. The van der Waals surface area contributed by atoms with Crippen LogP contribution in [0.5, 0.6) is 0 Å². The van der Waals surface area contributed by atoms with Crippen LogP contribution < -0.4 is 0 Å². The van der Waals surface area contributed by atoms with Crippen molar-refractivity contribution in [1.29, 1.82) is 4.78 Å². The highest BCUT2D eigenvalue weighted by molar-refractivity contribution is 7.94. The van der Waals surface area contributed by atoms with Crippen LogP contribution in [0.1, 0.15) is 17.0 Å². The summed E-state index contributed by atoms with van der Waals surface area (Å²) in [5.74, 6) is -2.10. The molecule has 0 amide bonds. The third-order valence-corrected chi connectivity index (χ3v) is 5.46. The summed E-state index contributed by atoms with van der Waals surface area (Å²) in [7, 11) is -3.29. The van der Waals surface area contributed by atoms with Crippen molar-refractivity contribution in [3.8, 4) is 0 Å². The Bertz CT molecular complexity index is 525. The lowest BCUT2D eigenvalue weighted by Gasteiger charge is -2.01. The van der Waals surface area contributed by atoms with Crippen molar-refractivity contribution in [2.75, 3.05) is 5.75 Å². The van der Waals surface area contributed by atoms with Crippen LogP contribution in [-0.4, -0.2) is 14.9 Å². The Kier molecular flexibility index (Phi) is 4.31. The summed E-state index contributed by atoms with van der Waals surface area (Å²) in [6.07, 6.45) is -3.13. The maximum Gasteiger partial charge on any atom is 0.301 e. The molecule has 96 valence electrons. The van der Waals surface area contributed by atoms with Crippen LogP contribution >= 0.6 is 11.3 Å². The van der Waals surface area contributed by atoms with Gasteiger partial charge in [0, 0.05) is 17.1 Å². The van der Waals surface area contributed by atoms with E-state index in [2.05, 4.69) is 4.98 Å². The number of hydrogen-bond acceptors (Lipinski definition) is 4. The number of hydrogen-bond donors (Lipinski definition) is 1. The van der Waals surface area contributed by atoms with Gasteiger partial charge >= 0.3 is 6.08 Å². The SMILES string of the molecule is Cc1nc(S(=N)(=O)CCC(F)=C(F)F)sc1C. The Morgan fingerprint density at radius 3 is 2.41 bits per heavy atom. The van der Waals surface area contributed by atoms with E-state index in [1.165, 1.54) is 0 Å². The predicted octanol–water partition coefficient (Wildman–Crippen LogP) is 3.63. The van der Waals surface area contributed by atoms with Gasteiger partial charge in [-0.15, -0.1) is 11.3 Å². The summed E-state index contributed by atoms with van der Waals surface area (Å²) in [5, 5.41) is 0. The molecule has 0 radical (unpaired) electrons. The van der Waals surface area contributed by atoms with E-state index in [0.717, 1.165) is 16.2 Å². The summed E-state index contributed by atoms with van der Waals surface area (Å²) >= 11 is 1.08. The molecule has 17 heavy (non-hydrogen) atoms. The zero-order valence-electron chi connectivity index (χ0n) is 9.22. The molecule has 3 nitrogen and oxygen atoms in total. The molecule has 0 fully saturated rings. The van der Waals surface area contributed by atoms with Gasteiger partial charge in [0.2, 0.25) is 0 Å². The molecule has 1 rings (SSSR count). The lowest BCUT2D eigenvalue weighted by molar-refractivity contribution is 0.373. The molecule has 0 aliphatic carbocycles. The highest BCUT2D eigenvalue weighted by Gasteiger charge is 2.18. The molecule has 1 atom stereocenters. The first-order chi connectivity index (χ1) is 7.74. The van der Waals surface area contributed by atoms with Crippen molar-refractivity contribution in [2.24, 2.45) is 0 Å². The minimum Gasteiger partial charge on any atom is -0.247 e. The van der Waals surface area contributed by atoms with Crippen LogP contribution in [0.15, 0.2) is 16.2 Å². The van der Waals surface area contributed by atoms with Gasteiger partial charge in [0.1, 0.15) is 9.73 Å². The third-order valence-electron chi connectivity index (χ3n) is 2.11. The van der Waals surface area contributed by atoms with E-state index in [-0.39, 0.29) is 4.34 Å². The Hall–Kier alpha value is -0.890. The van der Waals surface area contributed by atoms with Crippen LogP contribution in [0, 0.1) is 18.6 Å². The second kappa shape index (κ2) is 5.18. The number of thiazole rings is 1. The van der Waals surface area contributed by atoms with E-state index in [1.807, 2.05) is 0 Å². The summed E-state index contributed by atoms with van der Waals surface area (Å²) < 4.78 is 55.7. The van der Waals surface area contributed by atoms with Crippen molar-refractivity contribution >= 4 is 21.1 Å². The summed E-state index contributed by atoms with van der Waals surface area (Å²) in [6, 6.07) is 0. The molecule has 1 unspecified atom stereocenters. The molecule has 0 saturated carbocycles. The van der Waals surface area contributed by atoms with E-state index in [9.17, 15) is 17.4 Å². The highest BCUT2D eigenvalue weighted by Crippen LogP contribution is 2.24. The number of aryl methyl sites for hydroxylation is 2. The summed E-state index contributed by atoms with van der Waals surface area (Å²) in [4.78, 5) is 4.75. The molecule has 1 aromatic rings. The normalized spacial score (nSPS) is 14.4. The maximum atomic E-state index is 12.6. The molecule has 0 aliphatic rings. The van der Waals surface area contributed by atoms with E-state index in [1.54, 1.807) is 13.8 Å². The molecule has 0 saturated heterocycles. The van der Waals surface area contributed by atoms with Crippen LogP contribution in [0.4, 0.5) is 13.2 Å². The lowest BCUT2D eigenvalue weighted by atomic mass is 10.4. The van der Waals surface area contributed by atoms with Gasteiger partial charge in [-0.2, -0.15) is 8.78 Å². The summed E-state index contributed by atoms with van der Waals surface area (Å²) in [6.45, 7) is 3.46. The van der Waals surface area contributed by atoms with Crippen LogP contribution in [0.3, 0.4) is 0 Å². The molecule has 1 N–H and O–H groups in total. The Morgan fingerprint density at radius 1 is 1.41 bits per heavy atom. The predicted molar refractivity (Wildman–Crippen MR) is 60.6 cm³/mol. The number of halogens is 3. The lowest BCUT2D eigenvalue weighted by Crippen LogP contribution is -2.05. The molecular weight excluding hydrogens is 273 g/mol. The summed E-state index contributed by atoms with van der Waals surface area (Å²) in [5.41, 5.74) is 0.651. The quantitative estimate of drug-likeness (QED) is 0.917. The Labute approximate surface area is 101 Å². The van der Waals surface area contributed by atoms with E-state index >= 15 is 0 Å². The Balaban J connectivity index is 2.87. The second-order valence-electron chi connectivity index (χ2n) is 3.42. The number of nitrogens with zero attached hydrogens (tertiary/aromatic N) is 1. The minimum absolute atomic E-state index is 0.0690. The van der Waals surface area contributed by atoms with E-state index in [0.29, 0.717) is 5.69 Å². The zero-order valence-corrected chi connectivity index (χ0v) is 10.9. The fourth-order valence-corrected chi connectivity index (χ4v) is 3.73. The molecule has 1 aromatic heterocycles. The first kappa shape index (κ1) is 14.2. The van der Waals surface area contributed by atoms with Gasteiger partial charge in [-0.3, -0.25) is 0 Å². The topological polar surface area (TPSA) is 53.8 Å². The number of allylic oxidation sites excluding steroid dienone is 1. The number of aromatic nitrogens is 1. The maximum absolute atomic E-state index is 12.6. The van der Waals surface area contributed by atoms with E-state index < -0.39 is 33.8 Å². The number of rotatable bonds is 4. The smallest absolute Gasteiger partial charge is 0.247 e. The van der Waals surface area contributed by atoms with Gasteiger partial charge in [0.15, 0.2) is 10.2 Å². The van der Waals surface area contributed by atoms with Crippen LogP contribution in [-0.2, 0) is 9.73 Å². The van der Waals surface area contributed by atoms with Gasteiger partial charge in [-0.25, -0.2) is 18.4 Å². The minimum atomic E-state index is -3.29. The second-order valence-corrected chi connectivity index (χ2v) is 7.02. The average molecular weight is 284 g/mol. The fourth-order valence-electron chi connectivity index (χ4n) is 0.999. The van der Waals surface area contributed by atoms with Crippen molar-refractivity contribution in [3.63, 3.8) is 0 Å². The van der Waals surface area contributed by atoms with Gasteiger partial charge in [0.25, 0.3) is 0 Å². The fraction of sp³-hybridized carbons (Fsp3) is 0.444. The van der Waals surface area contributed by atoms with Gasteiger partial charge in [-0.1, -0.05) is 0 Å². The molecule has 0 spiro atoms. The Morgan fingerprint density at radius 2 is 2.00 bits per heavy atom. The van der Waals surface area contributed by atoms with Crippen molar-refractivity contribution in [2.45, 2.75) is 24.6 Å². The largest absolute Gasteiger partial charge is 0.301 e. The van der Waals surface area contributed by atoms with Crippen molar-refractivity contribution < 1.29 is 17.4 Å². The van der Waals surface area contributed by atoms with Gasteiger partial charge in [-0.05, 0) is 13.8 Å². The van der Waals surface area contributed by atoms with E-state index in [4.69, 9.17) is 4.78 Å². The van der Waals surface area contributed by atoms with Crippen molar-refractivity contribution in [1.82, 2.24) is 4.98 Å². The molecule has 1 heterocycles. The molecule has 0 aromatic carbocycles. The average Bonchev–Trinajstić information content (AvgIpc) is 2.56. The first-order valence-electron chi connectivity index (χ1n) is 4.64. The molecule has 0 aliphatic heterocycles.